The zero-order chi connectivity index (χ0) is 18.3. The number of nitrogens with zero attached hydrogens (tertiary/aromatic N) is 4. The standard InChI is InChI=1S/C18H18BrN5O2/c1-11(15(20)25)24-10-12(9-21-24)16-22-17(23-26-16)18(7-2-8-18)13-3-5-14(19)6-4-13/h3-6,9-11H,2,7-8H2,1H3,(H2,20,25). The molecule has 1 fully saturated rings. The van der Waals surface area contributed by atoms with Crippen molar-refractivity contribution in [2.45, 2.75) is 37.6 Å². The second kappa shape index (κ2) is 6.35. The number of hydrogen-bond donors (Lipinski definition) is 1. The molecule has 1 aromatic carbocycles. The van der Waals surface area contributed by atoms with Crippen LogP contribution < -0.4 is 5.73 Å². The van der Waals surface area contributed by atoms with Gasteiger partial charge in [0.05, 0.1) is 17.2 Å². The molecule has 0 radical (unpaired) electrons. The van der Waals surface area contributed by atoms with Crippen LogP contribution in [0.1, 0.15) is 43.6 Å². The van der Waals surface area contributed by atoms with Crippen LogP contribution in [-0.4, -0.2) is 25.8 Å². The van der Waals surface area contributed by atoms with Crippen LogP contribution >= 0.6 is 15.9 Å². The quantitative estimate of drug-likeness (QED) is 0.689. The second-order valence-electron chi connectivity index (χ2n) is 6.65. The van der Waals surface area contributed by atoms with E-state index in [0.717, 1.165) is 23.7 Å². The number of halogens is 1. The molecule has 2 heterocycles. The molecule has 1 amide bonds. The maximum atomic E-state index is 11.3. The molecule has 1 aliphatic rings. The van der Waals surface area contributed by atoms with E-state index in [1.807, 2.05) is 12.1 Å². The van der Waals surface area contributed by atoms with Crippen molar-refractivity contribution in [2.75, 3.05) is 0 Å². The molecule has 4 rings (SSSR count). The van der Waals surface area contributed by atoms with E-state index < -0.39 is 11.9 Å². The van der Waals surface area contributed by atoms with E-state index in [9.17, 15) is 4.79 Å². The van der Waals surface area contributed by atoms with Gasteiger partial charge in [-0.25, -0.2) is 0 Å². The van der Waals surface area contributed by atoms with Gasteiger partial charge in [0.2, 0.25) is 5.91 Å². The van der Waals surface area contributed by atoms with Crippen LogP contribution in [0.15, 0.2) is 45.7 Å². The van der Waals surface area contributed by atoms with Gasteiger partial charge in [-0.2, -0.15) is 10.1 Å². The SMILES string of the molecule is CC(C(N)=O)n1cc(-c2nc(C3(c4ccc(Br)cc4)CCC3)no2)cn1. The van der Waals surface area contributed by atoms with E-state index in [-0.39, 0.29) is 5.41 Å². The lowest BCUT2D eigenvalue weighted by Crippen LogP contribution is -2.36. The van der Waals surface area contributed by atoms with Crippen molar-refractivity contribution < 1.29 is 9.32 Å². The summed E-state index contributed by atoms with van der Waals surface area (Å²) in [7, 11) is 0. The van der Waals surface area contributed by atoms with E-state index in [4.69, 9.17) is 10.3 Å². The highest BCUT2D eigenvalue weighted by Crippen LogP contribution is 2.48. The van der Waals surface area contributed by atoms with Gasteiger partial charge in [0, 0.05) is 10.7 Å². The number of nitrogens with two attached hydrogens (primary N) is 1. The fraction of sp³-hybridized carbons (Fsp3) is 0.333. The van der Waals surface area contributed by atoms with Gasteiger partial charge in [-0.1, -0.05) is 39.6 Å². The van der Waals surface area contributed by atoms with E-state index in [2.05, 4.69) is 43.3 Å². The Morgan fingerprint density at radius 3 is 2.69 bits per heavy atom. The third-order valence-corrected chi connectivity index (χ3v) is 5.64. The topological polar surface area (TPSA) is 99.8 Å². The van der Waals surface area contributed by atoms with Gasteiger partial charge < -0.3 is 10.3 Å². The normalized spacial score (nSPS) is 16.8. The van der Waals surface area contributed by atoms with Crippen LogP contribution in [0, 0.1) is 0 Å². The number of aromatic nitrogens is 4. The number of hydrogen-bond acceptors (Lipinski definition) is 5. The van der Waals surface area contributed by atoms with Crippen LogP contribution in [0.4, 0.5) is 0 Å². The molecule has 1 saturated carbocycles. The number of benzene rings is 1. The van der Waals surface area contributed by atoms with E-state index in [1.54, 1.807) is 19.3 Å². The Labute approximate surface area is 158 Å². The van der Waals surface area contributed by atoms with Crippen LogP contribution in [0.3, 0.4) is 0 Å². The monoisotopic (exact) mass is 415 g/mol. The Morgan fingerprint density at radius 2 is 2.08 bits per heavy atom. The van der Waals surface area contributed by atoms with Crippen LogP contribution in [0.5, 0.6) is 0 Å². The fourth-order valence-corrected chi connectivity index (χ4v) is 3.53. The van der Waals surface area contributed by atoms with Crippen LogP contribution in [0.2, 0.25) is 0 Å². The molecule has 1 unspecified atom stereocenters. The van der Waals surface area contributed by atoms with Crippen molar-refractivity contribution in [3.8, 4) is 11.5 Å². The minimum absolute atomic E-state index is 0.195. The molecule has 7 nitrogen and oxygen atoms in total. The minimum Gasteiger partial charge on any atom is -0.368 e. The lowest BCUT2D eigenvalue weighted by atomic mass is 9.64. The summed E-state index contributed by atoms with van der Waals surface area (Å²) in [6, 6.07) is 7.74. The van der Waals surface area contributed by atoms with Crippen LogP contribution in [0.25, 0.3) is 11.5 Å². The van der Waals surface area contributed by atoms with E-state index in [1.165, 1.54) is 10.2 Å². The highest BCUT2D eigenvalue weighted by molar-refractivity contribution is 9.10. The number of amides is 1. The summed E-state index contributed by atoms with van der Waals surface area (Å²) >= 11 is 3.48. The summed E-state index contributed by atoms with van der Waals surface area (Å²) < 4.78 is 8.03. The molecule has 1 aliphatic carbocycles. The van der Waals surface area contributed by atoms with Crippen molar-refractivity contribution in [1.82, 2.24) is 19.9 Å². The molecule has 0 aliphatic heterocycles. The largest absolute Gasteiger partial charge is 0.368 e. The molecule has 0 saturated heterocycles. The number of carbonyl (C=O) groups is 1. The predicted octanol–water partition coefficient (Wildman–Crippen LogP) is 3.21. The molecule has 1 atom stereocenters. The first-order valence-electron chi connectivity index (χ1n) is 8.44. The molecule has 2 N–H and O–H groups in total. The molecule has 26 heavy (non-hydrogen) atoms. The van der Waals surface area contributed by atoms with Gasteiger partial charge in [0.1, 0.15) is 6.04 Å². The lowest BCUT2D eigenvalue weighted by molar-refractivity contribution is -0.120. The summed E-state index contributed by atoms with van der Waals surface area (Å²) in [6.45, 7) is 1.69. The van der Waals surface area contributed by atoms with Gasteiger partial charge in [-0.05, 0) is 37.5 Å². The first-order chi connectivity index (χ1) is 12.5. The Balaban J connectivity index is 1.65. The highest BCUT2D eigenvalue weighted by Gasteiger charge is 2.44. The Morgan fingerprint density at radius 1 is 1.35 bits per heavy atom. The molecule has 134 valence electrons. The van der Waals surface area contributed by atoms with Gasteiger partial charge in [-0.15, -0.1) is 0 Å². The maximum absolute atomic E-state index is 11.3. The third-order valence-electron chi connectivity index (χ3n) is 5.12. The first kappa shape index (κ1) is 17.0. The first-order valence-corrected chi connectivity index (χ1v) is 9.23. The van der Waals surface area contributed by atoms with E-state index in [0.29, 0.717) is 17.3 Å². The number of rotatable bonds is 5. The van der Waals surface area contributed by atoms with Gasteiger partial charge in [-0.3, -0.25) is 9.48 Å². The smallest absolute Gasteiger partial charge is 0.261 e. The third kappa shape index (κ3) is 2.74. The minimum atomic E-state index is -0.535. The van der Waals surface area contributed by atoms with Crippen LogP contribution in [-0.2, 0) is 10.2 Å². The second-order valence-corrected chi connectivity index (χ2v) is 7.57. The van der Waals surface area contributed by atoms with Crippen molar-refractivity contribution >= 4 is 21.8 Å². The molecule has 0 spiro atoms. The van der Waals surface area contributed by atoms with Gasteiger partial charge in [0.15, 0.2) is 5.82 Å². The molecule has 0 bridgehead atoms. The highest BCUT2D eigenvalue weighted by atomic mass is 79.9. The van der Waals surface area contributed by atoms with Crippen molar-refractivity contribution in [3.63, 3.8) is 0 Å². The summed E-state index contributed by atoms with van der Waals surface area (Å²) in [6.07, 6.45) is 6.41. The van der Waals surface area contributed by atoms with E-state index >= 15 is 0 Å². The summed E-state index contributed by atoms with van der Waals surface area (Å²) in [5.74, 6) is 0.637. The summed E-state index contributed by atoms with van der Waals surface area (Å²) in [4.78, 5) is 15.9. The van der Waals surface area contributed by atoms with Crippen molar-refractivity contribution in [3.05, 3.63) is 52.5 Å². The van der Waals surface area contributed by atoms with Gasteiger partial charge >= 0.3 is 0 Å². The Kier molecular flexibility index (Phi) is 4.14. The molecule has 2 aromatic heterocycles. The Bertz CT molecular complexity index is 943. The summed E-state index contributed by atoms with van der Waals surface area (Å²) in [5.41, 5.74) is 6.99. The number of carbonyl (C=O) groups excluding carboxylic acids is 1. The predicted molar refractivity (Wildman–Crippen MR) is 98.2 cm³/mol. The maximum Gasteiger partial charge on any atom is 0.261 e. The molecule has 8 heteroatoms. The van der Waals surface area contributed by atoms with Crippen molar-refractivity contribution in [1.29, 1.82) is 0 Å². The molecular formula is C18H18BrN5O2. The summed E-state index contributed by atoms with van der Waals surface area (Å²) in [5, 5.41) is 8.42. The average molecular weight is 416 g/mol. The zero-order valence-corrected chi connectivity index (χ0v) is 15.8. The molecular weight excluding hydrogens is 398 g/mol. The average Bonchev–Trinajstić information content (AvgIpc) is 3.24. The fourth-order valence-electron chi connectivity index (χ4n) is 3.27. The molecule has 3 aromatic rings. The lowest BCUT2D eigenvalue weighted by Gasteiger charge is -2.39. The van der Waals surface area contributed by atoms with Crippen molar-refractivity contribution in [2.24, 2.45) is 5.73 Å². The van der Waals surface area contributed by atoms with Gasteiger partial charge in [0.25, 0.3) is 5.89 Å². The number of primary amides is 1. The Hall–Kier alpha value is -2.48. The zero-order valence-electron chi connectivity index (χ0n) is 14.2.